The molecule has 2 aromatic carbocycles. The van der Waals surface area contributed by atoms with Crippen molar-refractivity contribution < 1.29 is 5.21 Å². The van der Waals surface area contributed by atoms with Gasteiger partial charge in [-0.3, -0.25) is 4.79 Å². The summed E-state index contributed by atoms with van der Waals surface area (Å²) in [6.45, 7) is 1.83. The molecule has 0 unspecified atom stereocenters. The third kappa shape index (κ3) is 2.58. The van der Waals surface area contributed by atoms with Gasteiger partial charge in [0.2, 0.25) is 0 Å². The molecule has 0 aliphatic rings. The Morgan fingerprint density at radius 3 is 2.62 bits per heavy atom. The van der Waals surface area contributed by atoms with Gasteiger partial charge in [-0.05, 0) is 41.0 Å². The number of rotatable bonds is 2. The predicted molar refractivity (Wildman–Crippen MR) is 85.5 cm³/mol. The molecule has 0 amide bonds. The first-order valence-electron chi connectivity index (χ1n) is 6.74. The number of hydrogen-bond acceptors (Lipinski definition) is 2. The minimum absolute atomic E-state index is 0.424. The van der Waals surface area contributed by atoms with E-state index in [1.54, 1.807) is 12.1 Å². The molecule has 3 heteroatoms. The Balaban J connectivity index is 2.09. The lowest BCUT2D eigenvalue weighted by Gasteiger charge is -2.04. The van der Waals surface area contributed by atoms with E-state index < -0.39 is 5.56 Å². The summed E-state index contributed by atoms with van der Waals surface area (Å²) in [5.41, 5.74) is 1.91. The Kier molecular flexibility index (Phi) is 3.32. The summed E-state index contributed by atoms with van der Waals surface area (Å²) >= 11 is 0. The second-order valence-corrected chi connectivity index (χ2v) is 5.01. The number of pyridine rings is 1. The van der Waals surface area contributed by atoms with Gasteiger partial charge in [0.05, 0.1) is 5.69 Å². The molecule has 0 atom stereocenters. The highest BCUT2D eigenvalue weighted by molar-refractivity contribution is 5.92. The summed E-state index contributed by atoms with van der Waals surface area (Å²) < 4.78 is 0.661. The first-order chi connectivity index (χ1) is 10.1. The fraction of sp³-hybridized carbons (Fsp3) is 0.0556. The van der Waals surface area contributed by atoms with Crippen LogP contribution in [0.1, 0.15) is 16.8 Å². The monoisotopic (exact) mass is 277 g/mol. The van der Waals surface area contributed by atoms with E-state index in [1.807, 2.05) is 37.3 Å². The van der Waals surface area contributed by atoms with E-state index in [2.05, 4.69) is 18.2 Å². The summed E-state index contributed by atoms with van der Waals surface area (Å²) in [5, 5.41) is 12.1. The Hall–Kier alpha value is -2.81. The highest BCUT2D eigenvalue weighted by Gasteiger charge is 2.01. The van der Waals surface area contributed by atoms with E-state index in [1.165, 1.54) is 6.07 Å². The van der Waals surface area contributed by atoms with Crippen LogP contribution in [0, 0.1) is 6.92 Å². The van der Waals surface area contributed by atoms with Crippen LogP contribution in [0.3, 0.4) is 0 Å². The number of aryl methyl sites for hydroxylation is 1. The van der Waals surface area contributed by atoms with Gasteiger partial charge in [-0.25, -0.2) is 0 Å². The molecule has 3 aromatic rings. The molecular formula is C18H15NO2. The first kappa shape index (κ1) is 13.2. The molecule has 21 heavy (non-hydrogen) atoms. The first-order valence-corrected chi connectivity index (χ1v) is 6.74. The van der Waals surface area contributed by atoms with E-state index in [0.29, 0.717) is 10.4 Å². The number of aromatic nitrogens is 1. The lowest BCUT2D eigenvalue weighted by Crippen LogP contribution is -2.18. The van der Waals surface area contributed by atoms with E-state index in [9.17, 15) is 10.0 Å². The normalized spacial score (nSPS) is 11.3. The zero-order valence-electron chi connectivity index (χ0n) is 11.7. The van der Waals surface area contributed by atoms with E-state index >= 15 is 0 Å². The molecule has 3 rings (SSSR count). The fourth-order valence-electron chi connectivity index (χ4n) is 2.41. The van der Waals surface area contributed by atoms with Crippen molar-refractivity contribution >= 4 is 22.9 Å². The van der Waals surface area contributed by atoms with Crippen molar-refractivity contribution in [3.05, 3.63) is 81.8 Å². The molecule has 0 bridgehead atoms. The summed E-state index contributed by atoms with van der Waals surface area (Å²) in [7, 11) is 0. The topological polar surface area (TPSA) is 42.2 Å². The number of benzene rings is 2. The maximum absolute atomic E-state index is 11.6. The molecule has 0 saturated heterocycles. The lowest BCUT2D eigenvalue weighted by atomic mass is 10.0. The van der Waals surface area contributed by atoms with Crippen molar-refractivity contribution in [2.24, 2.45) is 0 Å². The second kappa shape index (κ2) is 5.29. The average Bonchev–Trinajstić information content (AvgIpc) is 2.49. The molecule has 3 nitrogen and oxygen atoms in total. The van der Waals surface area contributed by atoms with Crippen LogP contribution in [0.5, 0.6) is 0 Å². The Labute approximate surface area is 122 Å². The van der Waals surface area contributed by atoms with Crippen LogP contribution in [0.2, 0.25) is 0 Å². The van der Waals surface area contributed by atoms with Gasteiger partial charge < -0.3 is 5.21 Å². The van der Waals surface area contributed by atoms with Crippen LogP contribution in [0.15, 0.2) is 59.4 Å². The summed E-state index contributed by atoms with van der Waals surface area (Å²) in [5.74, 6) is 0. The molecule has 0 spiro atoms. The third-order valence-corrected chi connectivity index (χ3v) is 3.44. The van der Waals surface area contributed by atoms with Gasteiger partial charge in [0.15, 0.2) is 0 Å². The Bertz CT molecular complexity index is 886. The molecule has 0 aliphatic carbocycles. The van der Waals surface area contributed by atoms with Crippen molar-refractivity contribution in [2.45, 2.75) is 6.92 Å². The van der Waals surface area contributed by atoms with Gasteiger partial charge in [0.1, 0.15) is 0 Å². The Morgan fingerprint density at radius 1 is 1.00 bits per heavy atom. The highest BCUT2D eigenvalue weighted by atomic mass is 16.5. The molecule has 1 heterocycles. The van der Waals surface area contributed by atoms with Crippen LogP contribution in [0.25, 0.3) is 22.9 Å². The largest absolute Gasteiger partial charge is 0.425 e. The van der Waals surface area contributed by atoms with Gasteiger partial charge in [-0.1, -0.05) is 48.5 Å². The number of hydrogen-bond donors (Lipinski definition) is 1. The second-order valence-electron chi connectivity index (χ2n) is 5.01. The summed E-state index contributed by atoms with van der Waals surface area (Å²) in [4.78, 5) is 11.6. The van der Waals surface area contributed by atoms with Crippen LogP contribution in [-0.4, -0.2) is 9.94 Å². The van der Waals surface area contributed by atoms with Crippen molar-refractivity contribution in [2.75, 3.05) is 0 Å². The van der Waals surface area contributed by atoms with Crippen molar-refractivity contribution in [3.63, 3.8) is 0 Å². The predicted octanol–water partition coefficient (Wildman–Crippen LogP) is 3.72. The van der Waals surface area contributed by atoms with Crippen molar-refractivity contribution in [3.8, 4) is 0 Å². The standard InChI is InChI=1S/C18H15NO2/c1-13-11-16(19(21)18(20)12-13)10-9-15-7-4-6-14-5-2-3-8-17(14)15/h2-12,21H,1H3/b10-9+. The fourth-order valence-corrected chi connectivity index (χ4v) is 2.41. The lowest BCUT2D eigenvalue weighted by molar-refractivity contribution is 0.172. The SMILES string of the molecule is Cc1cc(/C=C/c2cccc3ccccc23)n(O)c(=O)c1. The van der Waals surface area contributed by atoms with Crippen LogP contribution in [0.4, 0.5) is 0 Å². The van der Waals surface area contributed by atoms with Gasteiger partial charge in [0.25, 0.3) is 5.56 Å². The third-order valence-electron chi connectivity index (χ3n) is 3.44. The van der Waals surface area contributed by atoms with Crippen LogP contribution < -0.4 is 5.56 Å². The maximum atomic E-state index is 11.6. The number of fused-ring (bicyclic) bond motifs is 1. The van der Waals surface area contributed by atoms with Crippen LogP contribution in [-0.2, 0) is 0 Å². The minimum Gasteiger partial charge on any atom is -0.425 e. The number of nitrogens with zero attached hydrogens (tertiary/aromatic N) is 1. The molecule has 104 valence electrons. The summed E-state index contributed by atoms with van der Waals surface area (Å²) in [6.07, 6.45) is 3.65. The zero-order valence-corrected chi connectivity index (χ0v) is 11.7. The molecule has 0 radical (unpaired) electrons. The maximum Gasteiger partial charge on any atom is 0.283 e. The zero-order chi connectivity index (χ0) is 14.8. The molecule has 1 N–H and O–H groups in total. The minimum atomic E-state index is -0.424. The van der Waals surface area contributed by atoms with Crippen molar-refractivity contribution in [1.29, 1.82) is 0 Å². The molecular weight excluding hydrogens is 262 g/mol. The highest BCUT2D eigenvalue weighted by Crippen LogP contribution is 2.20. The van der Waals surface area contributed by atoms with Crippen LogP contribution >= 0.6 is 0 Å². The quantitative estimate of drug-likeness (QED) is 0.725. The van der Waals surface area contributed by atoms with Gasteiger partial charge in [-0.2, -0.15) is 0 Å². The summed E-state index contributed by atoms with van der Waals surface area (Å²) in [6, 6.07) is 17.3. The van der Waals surface area contributed by atoms with Gasteiger partial charge in [0, 0.05) is 6.07 Å². The average molecular weight is 277 g/mol. The van der Waals surface area contributed by atoms with E-state index in [-0.39, 0.29) is 0 Å². The van der Waals surface area contributed by atoms with Gasteiger partial charge in [-0.15, -0.1) is 4.73 Å². The van der Waals surface area contributed by atoms with Crippen molar-refractivity contribution in [1.82, 2.24) is 4.73 Å². The van der Waals surface area contributed by atoms with E-state index in [0.717, 1.165) is 21.9 Å². The smallest absolute Gasteiger partial charge is 0.283 e. The molecule has 1 aromatic heterocycles. The molecule has 0 aliphatic heterocycles. The van der Waals surface area contributed by atoms with E-state index in [4.69, 9.17) is 0 Å². The molecule has 0 saturated carbocycles. The van der Waals surface area contributed by atoms with Gasteiger partial charge >= 0.3 is 0 Å². The molecule has 0 fully saturated rings. The Morgan fingerprint density at radius 2 is 1.76 bits per heavy atom.